The lowest BCUT2D eigenvalue weighted by atomic mass is 10.1. The lowest BCUT2D eigenvalue weighted by Gasteiger charge is -2.16. The van der Waals surface area contributed by atoms with Gasteiger partial charge in [-0.1, -0.05) is 30.3 Å². The van der Waals surface area contributed by atoms with E-state index in [4.69, 9.17) is 0 Å². The molecule has 104 valence electrons. The summed E-state index contributed by atoms with van der Waals surface area (Å²) in [7, 11) is 0. The first-order valence-electron chi connectivity index (χ1n) is 6.03. The van der Waals surface area contributed by atoms with Crippen LogP contribution in [0.3, 0.4) is 0 Å². The normalized spacial score (nSPS) is 11.9. The quantitative estimate of drug-likeness (QED) is 0.900. The van der Waals surface area contributed by atoms with Crippen molar-refractivity contribution in [2.75, 3.05) is 6.61 Å². The highest BCUT2D eigenvalue weighted by atomic mass is 79.9. The average Bonchev–Trinajstić information content (AvgIpc) is 2.48. The molecule has 1 amide bonds. The number of halogens is 2. The van der Waals surface area contributed by atoms with Crippen molar-refractivity contribution in [1.29, 1.82) is 0 Å². The van der Waals surface area contributed by atoms with Gasteiger partial charge in [0, 0.05) is 5.56 Å². The molecule has 0 bridgehead atoms. The lowest BCUT2D eigenvalue weighted by molar-refractivity contribution is 0.0915. The SMILES string of the molecule is O=C(NC(CO)c1ccccc1)c1ccc(Br)c(F)c1. The highest BCUT2D eigenvalue weighted by Crippen LogP contribution is 2.17. The molecule has 2 aromatic rings. The molecule has 0 saturated carbocycles. The van der Waals surface area contributed by atoms with E-state index in [-0.39, 0.29) is 12.2 Å². The lowest BCUT2D eigenvalue weighted by Crippen LogP contribution is -2.30. The van der Waals surface area contributed by atoms with Gasteiger partial charge in [0.1, 0.15) is 5.82 Å². The maximum Gasteiger partial charge on any atom is 0.251 e. The maximum atomic E-state index is 13.4. The average molecular weight is 338 g/mol. The Balaban J connectivity index is 2.15. The zero-order valence-electron chi connectivity index (χ0n) is 10.5. The molecule has 0 aromatic heterocycles. The van der Waals surface area contributed by atoms with Gasteiger partial charge in [-0.25, -0.2) is 4.39 Å². The molecule has 1 atom stereocenters. The second-order valence-electron chi connectivity index (χ2n) is 4.25. The van der Waals surface area contributed by atoms with Gasteiger partial charge >= 0.3 is 0 Å². The Morgan fingerprint density at radius 1 is 1.25 bits per heavy atom. The van der Waals surface area contributed by atoms with Crippen LogP contribution in [0.5, 0.6) is 0 Å². The first kappa shape index (κ1) is 14.7. The van der Waals surface area contributed by atoms with E-state index in [9.17, 15) is 14.3 Å². The van der Waals surface area contributed by atoms with E-state index in [1.165, 1.54) is 12.1 Å². The topological polar surface area (TPSA) is 49.3 Å². The van der Waals surface area contributed by atoms with E-state index < -0.39 is 17.8 Å². The van der Waals surface area contributed by atoms with E-state index in [1.54, 1.807) is 0 Å². The molecule has 2 N–H and O–H groups in total. The van der Waals surface area contributed by atoms with Crippen LogP contribution in [0.25, 0.3) is 0 Å². The van der Waals surface area contributed by atoms with Gasteiger partial charge in [-0.3, -0.25) is 4.79 Å². The Kier molecular flexibility index (Phi) is 4.87. The highest BCUT2D eigenvalue weighted by Gasteiger charge is 2.15. The Labute approximate surface area is 124 Å². The molecule has 3 nitrogen and oxygen atoms in total. The number of carbonyl (C=O) groups excluding carboxylic acids is 1. The fourth-order valence-corrected chi connectivity index (χ4v) is 2.05. The molecule has 0 aliphatic heterocycles. The van der Waals surface area contributed by atoms with Crippen molar-refractivity contribution in [1.82, 2.24) is 5.32 Å². The van der Waals surface area contributed by atoms with Crippen LogP contribution in [0.2, 0.25) is 0 Å². The van der Waals surface area contributed by atoms with Crippen molar-refractivity contribution in [2.24, 2.45) is 0 Å². The molecule has 0 radical (unpaired) electrons. The van der Waals surface area contributed by atoms with Crippen molar-refractivity contribution in [3.63, 3.8) is 0 Å². The summed E-state index contributed by atoms with van der Waals surface area (Å²) < 4.78 is 13.7. The number of amides is 1. The van der Waals surface area contributed by atoms with E-state index in [1.807, 2.05) is 30.3 Å². The van der Waals surface area contributed by atoms with Gasteiger partial charge in [0.2, 0.25) is 0 Å². The minimum absolute atomic E-state index is 0.208. The minimum atomic E-state index is -0.518. The van der Waals surface area contributed by atoms with Crippen molar-refractivity contribution in [2.45, 2.75) is 6.04 Å². The van der Waals surface area contributed by atoms with Crippen LogP contribution in [0.1, 0.15) is 22.0 Å². The van der Waals surface area contributed by atoms with Crippen LogP contribution in [0.4, 0.5) is 4.39 Å². The van der Waals surface area contributed by atoms with E-state index in [0.717, 1.165) is 11.6 Å². The van der Waals surface area contributed by atoms with Crippen LogP contribution in [-0.2, 0) is 0 Å². The molecule has 0 spiro atoms. The molecule has 2 rings (SSSR count). The van der Waals surface area contributed by atoms with Gasteiger partial charge in [0.05, 0.1) is 17.1 Å². The molecule has 20 heavy (non-hydrogen) atoms. The van der Waals surface area contributed by atoms with E-state index >= 15 is 0 Å². The molecule has 0 fully saturated rings. The van der Waals surface area contributed by atoms with Crippen LogP contribution >= 0.6 is 15.9 Å². The third-order valence-corrected chi connectivity index (χ3v) is 3.51. The molecule has 0 saturated heterocycles. The molecule has 5 heteroatoms. The molecule has 0 aliphatic carbocycles. The predicted molar refractivity (Wildman–Crippen MR) is 77.8 cm³/mol. The third-order valence-electron chi connectivity index (χ3n) is 2.87. The van der Waals surface area contributed by atoms with Gasteiger partial charge in [0.15, 0.2) is 0 Å². The number of rotatable bonds is 4. The summed E-state index contributed by atoms with van der Waals surface area (Å²) in [6.07, 6.45) is 0. The summed E-state index contributed by atoms with van der Waals surface area (Å²) in [6.45, 7) is -0.227. The fraction of sp³-hybridized carbons (Fsp3) is 0.133. The zero-order valence-corrected chi connectivity index (χ0v) is 12.1. The van der Waals surface area contributed by atoms with Gasteiger partial charge < -0.3 is 10.4 Å². The maximum absolute atomic E-state index is 13.4. The highest BCUT2D eigenvalue weighted by molar-refractivity contribution is 9.10. The van der Waals surface area contributed by atoms with Gasteiger partial charge in [-0.15, -0.1) is 0 Å². The van der Waals surface area contributed by atoms with Crippen molar-refractivity contribution in [3.05, 3.63) is 69.9 Å². The van der Waals surface area contributed by atoms with Crippen LogP contribution < -0.4 is 5.32 Å². The minimum Gasteiger partial charge on any atom is -0.394 e. The number of aliphatic hydroxyl groups is 1. The molecule has 2 aromatic carbocycles. The number of nitrogens with one attached hydrogen (secondary N) is 1. The van der Waals surface area contributed by atoms with Crippen molar-refractivity contribution in [3.8, 4) is 0 Å². The fourth-order valence-electron chi connectivity index (χ4n) is 1.80. The predicted octanol–water partition coefficient (Wildman–Crippen LogP) is 3.05. The van der Waals surface area contributed by atoms with Gasteiger partial charge in [-0.05, 0) is 39.7 Å². The van der Waals surface area contributed by atoms with Gasteiger partial charge in [0.25, 0.3) is 5.91 Å². The number of hydrogen-bond acceptors (Lipinski definition) is 2. The standard InChI is InChI=1S/C15H13BrFNO2/c16-12-7-6-11(8-13(12)17)15(20)18-14(9-19)10-4-2-1-3-5-10/h1-8,14,19H,9H2,(H,18,20). The molecular weight excluding hydrogens is 325 g/mol. The second kappa shape index (κ2) is 6.63. The summed E-state index contributed by atoms with van der Waals surface area (Å²) in [5.41, 5.74) is 1.00. The molecular formula is C15H13BrFNO2. The van der Waals surface area contributed by atoms with E-state index in [2.05, 4.69) is 21.2 Å². The zero-order chi connectivity index (χ0) is 14.5. The Morgan fingerprint density at radius 2 is 1.95 bits per heavy atom. The first-order chi connectivity index (χ1) is 9.61. The molecule has 1 unspecified atom stereocenters. The van der Waals surface area contributed by atoms with Crippen LogP contribution in [0, 0.1) is 5.82 Å². The van der Waals surface area contributed by atoms with Crippen molar-refractivity contribution >= 4 is 21.8 Å². The van der Waals surface area contributed by atoms with E-state index in [0.29, 0.717) is 4.47 Å². The first-order valence-corrected chi connectivity index (χ1v) is 6.83. The molecule has 0 heterocycles. The summed E-state index contributed by atoms with van der Waals surface area (Å²) in [4.78, 5) is 12.0. The Hall–Kier alpha value is -1.72. The van der Waals surface area contributed by atoms with Crippen LogP contribution in [-0.4, -0.2) is 17.6 Å². The number of carbonyl (C=O) groups is 1. The van der Waals surface area contributed by atoms with Gasteiger partial charge in [-0.2, -0.15) is 0 Å². The summed E-state index contributed by atoms with van der Waals surface area (Å²) in [5, 5.41) is 12.1. The monoisotopic (exact) mass is 337 g/mol. The third kappa shape index (κ3) is 3.43. The van der Waals surface area contributed by atoms with Crippen molar-refractivity contribution < 1.29 is 14.3 Å². The van der Waals surface area contributed by atoms with Crippen LogP contribution in [0.15, 0.2) is 53.0 Å². The summed E-state index contributed by atoms with van der Waals surface area (Å²) >= 11 is 3.03. The smallest absolute Gasteiger partial charge is 0.251 e. The Morgan fingerprint density at radius 3 is 2.55 bits per heavy atom. The largest absolute Gasteiger partial charge is 0.394 e. The number of hydrogen-bond donors (Lipinski definition) is 2. The summed E-state index contributed by atoms with van der Waals surface area (Å²) in [6, 6.07) is 12.7. The molecule has 0 aliphatic rings. The number of aliphatic hydroxyl groups excluding tert-OH is 1. The Bertz CT molecular complexity index is 604. The number of benzene rings is 2. The second-order valence-corrected chi connectivity index (χ2v) is 5.10. The summed E-state index contributed by atoms with van der Waals surface area (Å²) in [5.74, 6) is -0.933.